The van der Waals surface area contributed by atoms with Crippen LogP contribution in [0, 0.1) is 20.8 Å². The van der Waals surface area contributed by atoms with Gasteiger partial charge < -0.3 is 5.32 Å². The van der Waals surface area contributed by atoms with Crippen molar-refractivity contribution in [2.45, 2.75) is 34.2 Å². The Morgan fingerprint density at radius 3 is 2.65 bits per heavy atom. The molecule has 6 heteroatoms. The minimum absolute atomic E-state index is 0.680. The van der Waals surface area contributed by atoms with Crippen molar-refractivity contribution in [3.8, 4) is 0 Å². The van der Waals surface area contributed by atoms with Crippen molar-refractivity contribution < 1.29 is 0 Å². The number of rotatable bonds is 4. The Bertz CT molecular complexity index is 514. The van der Waals surface area contributed by atoms with Crippen LogP contribution in [-0.4, -0.2) is 25.9 Å². The topological polar surface area (TPSA) is 55.6 Å². The van der Waals surface area contributed by atoms with Gasteiger partial charge in [-0.25, -0.2) is 0 Å². The highest BCUT2D eigenvalue weighted by Crippen LogP contribution is 2.20. The first kappa shape index (κ1) is 12.0. The molecule has 0 unspecified atom stereocenters. The molecule has 0 atom stereocenters. The number of aromatic nitrogens is 4. The summed E-state index contributed by atoms with van der Waals surface area (Å²) in [6.07, 6.45) is 0. The summed E-state index contributed by atoms with van der Waals surface area (Å²) in [6.45, 7) is 9.84. The van der Waals surface area contributed by atoms with E-state index in [0.717, 1.165) is 22.9 Å². The molecule has 0 saturated carbocycles. The molecular weight excluding hydrogens is 234 g/mol. The lowest BCUT2D eigenvalue weighted by Crippen LogP contribution is -2.07. The maximum Gasteiger partial charge on any atom is 0.135 e. The molecule has 0 aliphatic carbocycles. The number of nitrogens with zero attached hydrogens (tertiary/aromatic N) is 4. The molecule has 2 aromatic heterocycles. The zero-order valence-corrected chi connectivity index (χ0v) is 11.4. The van der Waals surface area contributed by atoms with Gasteiger partial charge in [-0.05, 0) is 33.3 Å². The van der Waals surface area contributed by atoms with Crippen molar-refractivity contribution in [1.82, 2.24) is 19.4 Å². The third-order valence-corrected chi connectivity index (χ3v) is 3.66. The quantitative estimate of drug-likeness (QED) is 0.904. The molecule has 0 amide bonds. The van der Waals surface area contributed by atoms with Crippen LogP contribution in [0.4, 0.5) is 5.00 Å². The fourth-order valence-electron chi connectivity index (χ4n) is 1.69. The number of hydrogen-bond donors (Lipinski definition) is 1. The van der Waals surface area contributed by atoms with Crippen LogP contribution in [0.5, 0.6) is 0 Å². The lowest BCUT2D eigenvalue weighted by Gasteiger charge is -2.04. The predicted molar refractivity (Wildman–Crippen MR) is 69.6 cm³/mol. The molecule has 0 bridgehead atoms. The van der Waals surface area contributed by atoms with Crippen molar-refractivity contribution in [3.05, 3.63) is 22.6 Å². The van der Waals surface area contributed by atoms with E-state index in [1.165, 1.54) is 22.8 Å². The average Bonchev–Trinajstić information content (AvgIpc) is 2.82. The molecular formula is C11H17N5S. The van der Waals surface area contributed by atoms with Crippen LogP contribution in [-0.2, 0) is 6.54 Å². The number of hydrogen-bond acceptors (Lipinski definition) is 5. The standard InChI is InChI=1S/C11H17N5S/c1-5-12-11-10(13-15-17-11)6-16-9(4)7(2)8(3)14-16/h12H,5-6H2,1-4H3. The van der Waals surface area contributed by atoms with Gasteiger partial charge in [0, 0.05) is 23.8 Å². The third-order valence-electron chi connectivity index (χ3n) is 2.94. The summed E-state index contributed by atoms with van der Waals surface area (Å²) in [5.74, 6) is 0. The molecule has 17 heavy (non-hydrogen) atoms. The van der Waals surface area contributed by atoms with Crippen LogP contribution >= 0.6 is 11.5 Å². The molecule has 0 aromatic carbocycles. The maximum absolute atomic E-state index is 4.51. The number of nitrogens with one attached hydrogen (secondary N) is 1. The van der Waals surface area contributed by atoms with Crippen molar-refractivity contribution >= 4 is 16.5 Å². The first-order valence-corrected chi connectivity index (χ1v) is 6.46. The van der Waals surface area contributed by atoms with E-state index in [1.807, 2.05) is 11.6 Å². The minimum Gasteiger partial charge on any atom is -0.374 e. The van der Waals surface area contributed by atoms with Crippen molar-refractivity contribution in [1.29, 1.82) is 0 Å². The van der Waals surface area contributed by atoms with E-state index in [2.05, 4.69) is 40.8 Å². The lowest BCUT2D eigenvalue weighted by atomic mass is 10.2. The minimum atomic E-state index is 0.680. The molecule has 5 nitrogen and oxygen atoms in total. The fraction of sp³-hybridized carbons (Fsp3) is 0.545. The maximum atomic E-state index is 4.51. The van der Waals surface area contributed by atoms with Crippen molar-refractivity contribution in [2.24, 2.45) is 0 Å². The summed E-state index contributed by atoms with van der Waals surface area (Å²) < 4.78 is 5.97. The number of aryl methyl sites for hydroxylation is 1. The summed E-state index contributed by atoms with van der Waals surface area (Å²) in [6, 6.07) is 0. The smallest absolute Gasteiger partial charge is 0.135 e. The molecule has 0 aliphatic heterocycles. The van der Waals surface area contributed by atoms with E-state index < -0.39 is 0 Å². The molecule has 2 rings (SSSR count). The monoisotopic (exact) mass is 251 g/mol. The van der Waals surface area contributed by atoms with Crippen LogP contribution < -0.4 is 5.32 Å². The number of anilines is 1. The first-order chi connectivity index (χ1) is 8.13. The van der Waals surface area contributed by atoms with E-state index in [1.54, 1.807) is 0 Å². The van der Waals surface area contributed by atoms with E-state index in [9.17, 15) is 0 Å². The molecule has 0 radical (unpaired) electrons. The second-order valence-electron chi connectivity index (χ2n) is 4.03. The molecule has 92 valence electrons. The van der Waals surface area contributed by atoms with E-state index in [4.69, 9.17) is 0 Å². The molecule has 0 fully saturated rings. The van der Waals surface area contributed by atoms with Crippen molar-refractivity contribution in [2.75, 3.05) is 11.9 Å². The van der Waals surface area contributed by atoms with Gasteiger partial charge in [-0.2, -0.15) is 5.10 Å². The second-order valence-corrected chi connectivity index (χ2v) is 4.79. The molecule has 0 spiro atoms. The zero-order valence-electron chi connectivity index (χ0n) is 10.6. The SMILES string of the molecule is CCNc1snnc1Cn1nc(C)c(C)c1C. The fourth-order valence-corrected chi connectivity index (χ4v) is 2.33. The van der Waals surface area contributed by atoms with E-state index >= 15 is 0 Å². The second kappa shape index (κ2) is 4.83. The Kier molecular flexibility index (Phi) is 3.42. The van der Waals surface area contributed by atoms with Crippen LogP contribution in [0.2, 0.25) is 0 Å². The summed E-state index contributed by atoms with van der Waals surface area (Å²) in [7, 11) is 0. The Morgan fingerprint density at radius 1 is 1.29 bits per heavy atom. The van der Waals surface area contributed by atoms with Gasteiger partial charge in [0.1, 0.15) is 10.7 Å². The summed E-state index contributed by atoms with van der Waals surface area (Å²) in [5.41, 5.74) is 4.48. The van der Waals surface area contributed by atoms with Gasteiger partial charge in [0.2, 0.25) is 0 Å². The summed E-state index contributed by atoms with van der Waals surface area (Å²) >= 11 is 1.40. The van der Waals surface area contributed by atoms with Gasteiger partial charge in [-0.15, -0.1) is 5.10 Å². The zero-order chi connectivity index (χ0) is 12.4. The van der Waals surface area contributed by atoms with Crippen LogP contribution in [0.1, 0.15) is 29.6 Å². The van der Waals surface area contributed by atoms with Gasteiger partial charge in [0.15, 0.2) is 0 Å². The predicted octanol–water partition coefficient (Wildman–Crippen LogP) is 2.14. The van der Waals surface area contributed by atoms with E-state index in [0.29, 0.717) is 6.54 Å². The van der Waals surface area contributed by atoms with E-state index in [-0.39, 0.29) is 0 Å². The van der Waals surface area contributed by atoms with Crippen LogP contribution in [0.15, 0.2) is 0 Å². The Balaban J connectivity index is 2.25. The van der Waals surface area contributed by atoms with Gasteiger partial charge in [0.05, 0.1) is 12.2 Å². The molecule has 2 aromatic rings. The highest BCUT2D eigenvalue weighted by molar-refractivity contribution is 7.10. The van der Waals surface area contributed by atoms with Crippen LogP contribution in [0.3, 0.4) is 0 Å². The van der Waals surface area contributed by atoms with Gasteiger partial charge in [-0.3, -0.25) is 4.68 Å². The van der Waals surface area contributed by atoms with Gasteiger partial charge in [0.25, 0.3) is 0 Å². The normalized spacial score (nSPS) is 10.8. The summed E-state index contributed by atoms with van der Waals surface area (Å²) in [4.78, 5) is 0. The van der Waals surface area contributed by atoms with Gasteiger partial charge in [-0.1, -0.05) is 4.49 Å². The largest absolute Gasteiger partial charge is 0.374 e. The first-order valence-electron chi connectivity index (χ1n) is 5.69. The third kappa shape index (κ3) is 2.31. The average molecular weight is 251 g/mol. The molecule has 0 aliphatic rings. The van der Waals surface area contributed by atoms with Crippen molar-refractivity contribution in [3.63, 3.8) is 0 Å². The Morgan fingerprint density at radius 2 is 2.06 bits per heavy atom. The summed E-state index contributed by atoms with van der Waals surface area (Å²) in [5, 5.41) is 13.0. The highest BCUT2D eigenvalue weighted by Gasteiger charge is 2.12. The molecule has 0 saturated heterocycles. The Labute approximate surface area is 105 Å². The molecule has 2 heterocycles. The lowest BCUT2D eigenvalue weighted by molar-refractivity contribution is 0.645. The van der Waals surface area contributed by atoms with Gasteiger partial charge >= 0.3 is 0 Å². The van der Waals surface area contributed by atoms with Crippen LogP contribution in [0.25, 0.3) is 0 Å². The molecule has 1 N–H and O–H groups in total. The Hall–Kier alpha value is -1.43. The highest BCUT2D eigenvalue weighted by atomic mass is 32.1.